The maximum Gasteiger partial charge on any atom is 0.238 e. The van der Waals surface area contributed by atoms with Gasteiger partial charge in [-0.2, -0.15) is 0 Å². The number of rotatable bonds is 6. The molecule has 25 heavy (non-hydrogen) atoms. The molecule has 5 heteroatoms. The van der Waals surface area contributed by atoms with Crippen LogP contribution in [0.3, 0.4) is 0 Å². The van der Waals surface area contributed by atoms with E-state index in [0.29, 0.717) is 19.2 Å². The summed E-state index contributed by atoms with van der Waals surface area (Å²) in [5, 5.41) is 5.22. The Morgan fingerprint density at radius 2 is 2.08 bits per heavy atom. The molecule has 4 nitrogen and oxygen atoms in total. The lowest BCUT2D eigenvalue weighted by molar-refractivity contribution is -0.118. The van der Waals surface area contributed by atoms with Crippen LogP contribution < -0.4 is 10.1 Å². The van der Waals surface area contributed by atoms with Crippen molar-refractivity contribution in [2.45, 2.75) is 32.2 Å². The maximum atomic E-state index is 12.5. The number of benzene rings is 1. The van der Waals surface area contributed by atoms with Crippen molar-refractivity contribution in [2.75, 3.05) is 25.0 Å². The molecule has 0 spiro atoms. The van der Waals surface area contributed by atoms with Gasteiger partial charge in [-0.1, -0.05) is 0 Å². The SMILES string of the molecule is CCOc1ccc(NC(=O)CN2CCc3sccc3[C@@H]2C2CC2)cc1. The van der Waals surface area contributed by atoms with E-state index in [0.717, 1.165) is 30.3 Å². The zero-order chi connectivity index (χ0) is 17.2. The predicted molar refractivity (Wildman–Crippen MR) is 101 cm³/mol. The first-order chi connectivity index (χ1) is 12.2. The lowest BCUT2D eigenvalue weighted by Crippen LogP contribution is -2.41. The molecule has 1 aliphatic heterocycles. The molecule has 1 aromatic carbocycles. The number of hydrogen-bond acceptors (Lipinski definition) is 4. The Morgan fingerprint density at radius 1 is 1.28 bits per heavy atom. The Kier molecular flexibility index (Phi) is 4.77. The van der Waals surface area contributed by atoms with Crippen LogP contribution in [0.2, 0.25) is 0 Å². The van der Waals surface area contributed by atoms with Crippen LogP contribution in [0.25, 0.3) is 0 Å². The molecule has 1 N–H and O–H groups in total. The summed E-state index contributed by atoms with van der Waals surface area (Å²) >= 11 is 1.86. The minimum atomic E-state index is 0.0634. The standard InChI is InChI=1S/C20H24N2O2S/c1-2-24-16-7-5-15(6-8-16)21-19(23)13-22-11-9-18-17(10-12-25-18)20(22)14-3-4-14/h5-8,10,12,14,20H,2-4,9,11,13H2,1H3,(H,21,23)/t20-/m0/s1. The summed E-state index contributed by atoms with van der Waals surface area (Å²) in [5.41, 5.74) is 2.29. The van der Waals surface area contributed by atoms with Crippen molar-refractivity contribution in [3.05, 3.63) is 46.2 Å². The molecule has 0 radical (unpaired) electrons. The number of ether oxygens (including phenoxy) is 1. The normalized spacial score (nSPS) is 20.1. The number of nitrogens with zero attached hydrogens (tertiary/aromatic N) is 1. The number of anilines is 1. The van der Waals surface area contributed by atoms with Crippen molar-refractivity contribution < 1.29 is 9.53 Å². The molecule has 0 saturated heterocycles. The van der Waals surface area contributed by atoms with Gasteiger partial charge in [0.1, 0.15) is 5.75 Å². The van der Waals surface area contributed by atoms with Gasteiger partial charge in [-0.15, -0.1) is 11.3 Å². The zero-order valence-electron chi connectivity index (χ0n) is 14.5. The van der Waals surface area contributed by atoms with Gasteiger partial charge in [0.2, 0.25) is 5.91 Å². The van der Waals surface area contributed by atoms with Crippen LogP contribution in [0.1, 0.15) is 36.2 Å². The van der Waals surface area contributed by atoms with Crippen molar-refractivity contribution in [1.82, 2.24) is 4.90 Å². The number of carbonyl (C=O) groups excluding carboxylic acids is 1. The fraction of sp³-hybridized carbons (Fsp3) is 0.450. The summed E-state index contributed by atoms with van der Waals surface area (Å²) in [7, 11) is 0. The Hall–Kier alpha value is -1.85. The minimum absolute atomic E-state index is 0.0634. The molecule has 0 unspecified atom stereocenters. The van der Waals surface area contributed by atoms with Crippen LogP contribution in [0.5, 0.6) is 5.75 Å². The van der Waals surface area contributed by atoms with E-state index in [4.69, 9.17) is 4.74 Å². The monoisotopic (exact) mass is 356 g/mol. The van der Waals surface area contributed by atoms with E-state index in [9.17, 15) is 4.79 Å². The zero-order valence-corrected chi connectivity index (χ0v) is 15.3. The van der Waals surface area contributed by atoms with Crippen molar-refractivity contribution in [3.8, 4) is 5.75 Å². The van der Waals surface area contributed by atoms with Gasteiger partial charge in [0.25, 0.3) is 0 Å². The van der Waals surface area contributed by atoms with Gasteiger partial charge in [-0.3, -0.25) is 9.69 Å². The highest BCUT2D eigenvalue weighted by Crippen LogP contribution is 2.48. The largest absolute Gasteiger partial charge is 0.494 e. The molecule has 2 aromatic rings. The number of nitrogens with one attached hydrogen (secondary N) is 1. The Bertz CT molecular complexity index is 736. The van der Waals surface area contributed by atoms with E-state index in [1.54, 1.807) is 0 Å². The van der Waals surface area contributed by atoms with E-state index < -0.39 is 0 Å². The first-order valence-electron chi connectivity index (χ1n) is 9.07. The van der Waals surface area contributed by atoms with E-state index in [2.05, 4.69) is 21.7 Å². The molecule has 1 aromatic heterocycles. The van der Waals surface area contributed by atoms with Crippen LogP contribution in [0, 0.1) is 5.92 Å². The van der Waals surface area contributed by atoms with Gasteiger partial charge < -0.3 is 10.1 Å². The van der Waals surface area contributed by atoms with E-state index >= 15 is 0 Å². The predicted octanol–water partition coefficient (Wildman–Crippen LogP) is 4.09. The minimum Gasteiger partial charge on any atom is -0.494 e. The lowest BCUT2D eigenvalue weighted by atomic mass is 9.96. The van der Waals surface area contributed by atoms with Crippen molar-refractivity contribution in [2.24, 2.45) is 5.92 Å². The molecule has 1 aliphatic carbocycles. The topological polar surface area (TPSA) is 41.6 Å². The molecule has 0 bridgehead atoms. The first kappa shape index (κ1) is 16.6. The maximum absolute atomic E-state index is 12.5. The molecule has 4 rings (SSSR count). The van der Waals surface area contributed by atoms with Crippen LogP contribution in [-0.2, 0) is 11.2 Å². The Morgan fingerprint density at radius 3 is 2.80 bits per heavy atom. The lowest BCUT2D eigenvalue weighted by Gasteiger charge is -2.35. The summed E-state index contributed by atoms with van der Waals surface area (Å²) in [6.07, 6.45) is 3.64. The Labute approximate surface area is 152 Å². The first-order valence-corrected chi connectivity index (χ1v) is 9.95. The van der Waals surface area contributed by atoms with Gasteiger partial charge in [0.05, 0.1) is 13.2 Å². The van der Waals surface area contributed by atoms with Crippen LogP contribution in [0.4, 0.5) is 5.69 Å². The summed E-state index contributed by atoms with van der Waals surface area (Å²) in [6.45, 7) is 4.05. The molecule has 2 aliphatic rings. The second-order valence-electron chi connectivity index (χ2n) is 6.81. The number of fused-ring (bicyclic) bond motifs is 1. The highest BCUT2D eigenvalue weighted by molar-refractivity contribution is 7.10. The molecule has 1 amide bonds. The second-order valence-corrected chi connectivity index (χ2v) is 7.81. The van der Waals surface area contributed by atoms with Crippen molar-refractivity contribution >= 4 is 22.9 Å². The van der Waals surface area contributed by atoms with Gasteiger partial charge in [-0.25, -0.2) is 0 Å². The van der Waals surface area contributed by atoms with Crippen LogP contribution in [0.15, 0.2) is 35.7 Å². The third kappa shape index (κ3) is 3.72. The summed E-state index contributed by atoms with van der Waals surface area (Å²) in [5.74, 6) is 1.62. The summed E-state index contributed by atoms with van der Waals surface area (Å²) in [4.78, 5) is 16.4. The van der Waals surface area contributed by atoms with Gasteiger partial charge in [0, 0.05) is 23.2 Å². The fourth-order valence-electron chi connectivity index (χ4n) is 3.73. The van der Waals surface area contributed by atoms with Gasteiger partial charge in [-0.05, 0) is 73.4 Å². The number of amides is 1. The van der Waals surface area contributed by atoms with E-state index in [1.165, 1.54) is 23.3 Å². The molecule has 1 atom stereocenters. The van der Waals surface area contributed by atoms with E-state index in [1.807, 2.05) is 42.5 Å². The third-order valence-electron chi connectivity index (χ3n) is 4.98. The van der Waals surface area contributed by atoms with Crippen LogP contribution >= 0.6 is 11.3 Å². The second kappa shape index (κ2) is 7.18. The van der Waals surface area contributed by atoms with Gasteiger partial charge >= 0.3 is 0 Å². The number of hydrogen-bond donors (Lipinski definition) is 1. The molecular weight excluding hydrogens is 332 g/mol. The molecule has 1 saturated carbocycles. The average molecular weight is 356 g/mol. The third-order valence-corrected chi connectivity index (χ3v) is 5.98. The Balaban J connectivity index is 1.40. The fourth-order valence-corrected chi connectivity index (χ4v) is 4.64. The van der Waals surface area contributed by atoms with Crippen molar-refractivity contribution in [3.63, 3.8) is 0 Å². The summed E-state index contributed by atoms with van der Waals surface area (Å²) in [6, 6.07) is 10.3. The van der Waals surface area contributed by atoms with Crippen molar-refractivity contribution in [1.29, 1.82) is 0 Å². The highest BCUT2D eigenvalue weighted by Gasteiger charge is 2.40. The van der Waals surface area contributed by atoms with Crippen LogP contribution in [-0.4, -0.2) is 30.5 Å². The van der Waals surface area contributed by atoms with Gasteiger partial charge in [0.15, 0.2) is 0 Å². The highest BCUT2D eigenvalue weighted by atomic mass is 32.1. The smallest absolute Gasteiger partial charge is 0.238 e. The molecule has 132 valence electrons. The summed E-state index contributed by atoms with van der Waals surface area (Å²) < 4.78 is 5.44. The van der Waals surface area contributed by atoms with E-state index in [-0.39, 0.29) is 5.91 Å². The average Bonchev–Trinajstić information content (AvgIpc) is 3.33. The molecular formula is C20H24N2O2S. The molecule has 1 fully saturated rings. The quantitative estimate of drug-likeness (QED) is 0.847. The number of thiophene rings is 1. The number of carbonyl (C=O) groups is 1. The molecule has 2 heterocycles.